The first-order valence-electron chi connectivity index (χ1n) is 9.99. The van der Waals surface area contributed by atoms with Crippen molar-refractivity contribution in [1.29, 1.82) is 0 Å². The standard InChI is InChI=1S/C19H28N6O2/c1-24(12-17-21-19(27-23-17)14-5-2-3-6-14)18(26)13-25-10-8-16(22-25)15-7-4-9-20-11-15/h8,10,14-15,20H,2-7,9,11-13H2,1H3/t15-/m0/s1. The zero-order valence-corrected chi connectivity index (χ0v) is 15.9. The number of nitrogens with zero attached hydrogens (tertiary/aromatic N) is 5. The maximum absolute atomic E-state index is 12.5. The second kappa shape index (κ2) is 8.21. The van der Waals surface area contributed by atoms with Crippen molar-refractivity contribution in [3.8, 4) is 0 Å². The number of aromatic nitrogens is 4. The molecule has 1 N–H and O–H groups in total. The van der Waals surface area contributed by atoms with Crippen LogP contribution in [0.15, 0.2) is 16.8 Å². The largest absolute Gasteiger partial charge is 0.339 e. The van der Waals surface area contributed by atoms with E-state index in [0.717, 1.165) is 43.9 Å². The molecule has 2 aliphatic rings. The van der Waals surface area contributed by atoms with Crippen LogP contribution in [-0.4, -0.2) is 50.9 Å². The van der Waals surface area contributed by atoms with E-state index in [1.54, 1.807) is 16.6 Å². The summed E-state index contributed by atoms with van der Waals surface area (Å²) in [7, 11) is 1.77. The fourth-order valence-corrected chi connectivity index (χ4v) is 4.02. The summed E-state index contributed by atoms with van der Waals surface area (Å²) in [5, 5.41) is 12.0. The van der Waals surface area contributed by atoms with Gasteiger partial charge in [-0.05, 0) is 38.3 Å². The third-order valence-electron chi connectivity index (χ3n) is 5.67. The lowest BCUT2D eigenvalue weighted by atomic mass is 9.97. The van der Waals surface area contributed by atoms with Gasteiger partial charge in [-0.3, -0.25) is 9.48 Å². The first-order chi connectivity index (χ1) is 13.2. The number of piperidine rings is 1. The predicted molar refractivity (Wildman–Crippen MR) is 99.1 cm³/mol. The van der Waals surface area contributed by atoms with Gasteiger partial charge in [0.1, 0.15) is 6.54 Å². The van der Waals surface area contributed by atoms with Crippen LogP contribution in [0, 0.1) is 0 Å². The summed E-state index contributed by atoms with van der Waals surface area (Å²) in [5.74, 6) is 2.12. The van der Waals surface area contributed by atoms with E-state index >= 15 is 0 Å². The summed E-state index contributed by atoms with van der Waals surface area (Å²) in [6, 6.07) is 2.03. The van der Waals surface area contributed by atoms with Crippen molar-refractivity contribution >= 4 is 5.91 Å². The fourth-order valence-electron chi connectivity index (χ4n) is 4.02. The monoisotopic (exact) mass is 372 g/mol. The van der Waals surface area contributed by atoms with Crippen LogP contribution in [0.4, 0.5) is 0 Å². The number of hydrogen-bond acceptors (Lipinski definition) is 6. The van der Waals surface area contributed by atoms with Crippen molar-refractivity contribution in [1.82, 2.24) is 30.1 Å². The third kappa shape index (κ3) is 4.37. The molecule has 3 heterocycles. The molecule has 1 saturated carbocycles. The molecular formula is C19H28N6O2. The minimum Gasteiger partial charge on any atom is -0.339 e. The molecule has 2 aromatic rings. The van der Waals surface area contributed by atoms with Crippen molar-refractivity contribution in [2.24, 2.45) is 0 Å². The van der Waals surface area contributed by atoms with Crippen LogP contribution in [0.5, 0.6) is 0 Å². The number of hydrogen-bond donors (Lipinski definition) is 1. The number of nitrogens with one attached hydrogen (secondary N) is 1. The SMILES string of the molecule is CN(Cc1noc(C2CCCC2)n1)C(=O)Cn1ccc([C@H]2CCCNC2)n1. The van der Waals surface area contributed by atoms with Gasteiger partial charge in [-0.25, -0.2) is 0 Å². The van der Waals surface area contributed by atoms with Crippen molar-refractivity contribution < 1.29 is 9.32 Å². The van der Waals surface area contributed by atoms with Gasteiger partial charge in [-0.1, -0.05) is 18.0 Å². The van der Waals surface area contributed by atoms with Crippen molar-refractivity contribution in [3.05, 3.63) is 29.7 Å². The molecule has 4 rings (SSSR count). The quantitative estimate of drug-likeness (QED) is 0.835. The molecule has 1 saturated heterocycles. The Morgan fingerprint density at radius 3 is 2.89 bits per heavy atom. The van der Waals surface area contributed by atoms with Gasteiger partial charge in [0, 0.05) is 31.6 Å². The predicted octanol–water partition coefficient (Wildman–Crippen LogP) is 2.05. The van der Waals surface area contributed by atoms with Crippen LogP contribution < -0.4 is 5.32 Å². The average Bonchev–Trinajstić information content (AvgIpc) is 3.44. The van der Waals surface area contributed by atoms with Gasteiger partial charge in [-0.2, -0.15) is 10.1 Å². The normalized spacial score (nSPS) is 20.9. The fraction of sp³-hybridized carbons (Fsp3) is 0.684. The molecule has 1 atom stereocenters. The minimum absolute atomic E-state index is 0.0152. The summed E-state index contributed by atoms with van der Waals surface area (Å²) in [6.07, 6.45) is 8.91. The lowest BCUT2D eigenvalue weighted by Crippen LogP contribution is -2.31. The Morgan fingerprint density at radius 1 is 1.30 bits per heavy atom. The van der Waals surface area contributed by atoms with Crippen molar-refractivity contribution in [3.63, 3.8) is 0 Å². The highest BCUT2D eigenvalue weighted by Gasteiger charge is 2.24. The van der Waals surface area contributed by atoms with Crippen LogP contribution in [0.25, 0.3) is 0 Å². The van der Waals surface area contributed by atoms with E-state index in [-0.39, 0.29) is 12.5 Å². The van der Waals surface area contributed by atoms with Gasteiger partial charge in [0.15, 0.2) is 5.82 Å². The molecule has 146 valence electrons. The third-order valence-corrected chi connectivity index (χ3v) is 5.67. The highest BCUT2D eigenvalue weighted by Crippen LogP contribution is 2.32. The van der Waals surface area contributed by atoms with Gasteiger partial charge in [0.05, 0.1) is 12.2 Å². The lowest BCUT2D eigenvalue weighted by molar-refractivity contribution is -0.131. The smallest absolute Gasteiger partial charge is 0.244 e. The summed E-state index contributed by atoms with van der Waals surface area (Å²) < 4.78 is 7.12. The Balaban J connectivity index is 1.31. The van der Waals surface area contributed by atoms with Crippen LogP contribution in [0.3, 0.4) is 0 Å². The topological polar surface area (TPSA) is 89.1 Å². The van der Waals surface area contributed by atoms with Gasteiger partial charge in [0.2, 0.25) is 11.8 Å². The zero-order chi connectivity index (χ0) is 18.6. The molecule has 0 radical (unpaired) electrons. The van der Waals surface area contributed by atoms with Gasteiger partial charge in [-0.15, -0.1) is 0 Å². The number of amides is 1. The Kier molecular flexibility index (Phi) is 5.52. The molecule has 2 fully saturated rings. The molecule has 1 aliphatic heterocycles. The van der Waals surface area contributed by atoms with E-state index < -0.39 is 0 Å². The average molecular weight is 372 g/mol. The van der Waals surface area contributed by atoms with E-state index in [0.29, 0.717) is 24.2 Å². The van der Waals surface area contributed by atoms with Gasteiger partial charge in [0.25, 0.3) is 0 Å². The highest BCUT2D eigenvalue weighted by atomic mass is 16.5. The molecule has 0 spiro atoms. The molecule has 0 bridgehead atoms. The molecule has 2 aromatic heterocycles. The van der Waals surface area contributed by atoms with Crippen molar-refractivity contribution in [2.45, 2.75) is 63.5 Å². The molecule has 0 unspecified atom stereocenters. The Morgan fingerprint density at radius 2 is 2.11 bits per heavy atom. The Hall–Kier alpha value is -2.22. The van der Waals surface area contributed by atoms with Crippen molar-refractivity contribution in [2.75, 3.05) is 20.1 Å². The van der Waals surface area contributed by atoms with E-state index in [2.05, 4.69) is 20.6 Å². The van der Waals surface area contributed by atoms with E-state index in [1.165, 1.54) is 19.3 Å². The van der Waals surface area contributed by atoms with Crippen LogP contribution in [0.1, 0.15) is 67.8 Å². The molecular weight excluding hydrogens is 344 g/mol. The maximum Gasteiger partial charge on any atom is 0.244 e. The molecule has 1 amide bonds. The van der Waals surface area contributed by atoms with E-state index in [1.807, 2.05) is 12.3 Å². The second-order valence-corrected chi connectivity index (χ2v) is 7.76. The van der Waals surface area contributed by atoms with Crippen LogP contribution in [0.2, 0.25) is 0 Å². The first-order valence-corrected chi connectivity index (χ1v) is 9.99. The Bertz CT molecular complexity index is 758. The summed E-state index contributed by atoms with van der Waals surface area (Å²) >= 11 is 0. The minimum atomic E-state index is -0.0152. The summed E-state index contributed by atoms with van der Waals surface area (Å²) in [4.78, 5) is 18.6. The number of carbonyl (C=O) groups excluding carboxylic acids is 1. The first kappa shape index (κ1) is 18.2. The number of likely N-dealkylation sites (N-methyl/N-ethyl adjacent to an activating group) is 1. The summed E-state index contributed by atoms with van der Waals surface area (Å²) in [6.45, 7) is 2.63. The van der Waals surface area contributed by atoms with Crippen LogP contribution >= 0.6 is 0 Å². The van der Waals surface area contributed by atoms with E-state index in [4.69, 9.17) is 4.52 Å². The second-order valence-electron chi connectivity index (χ2n) is 7.76. The van der Waals surface area contributed by atoms with Crippen LogP contribution in [-0.2, 0) is 17.9 Å². The molecule has 8 nitrogen and oxygen atoms in total. The molecule has 1 aliphatic carbocycles. The maximum atomic E-state index is 12.5. The highest BCUT2D eigenvalue weighted by molar-refractivity contribution is 5.75. The molecule has 0 aromatic carbocycles. The zero-order valence-electron chi connectivity index (χ0n) is 15.9. The lowest BCUT2D eigenvalue weighted by Gasteiger charge is -2.20. The Labute approximate surface area is 159 Å². The van der Waals surface area contributed by atoms with E-state index in [9.17, 15) is 4.79 Å². The molecule has 27 heavy (non-hydrogen) atoms. The summed E-state index contributed by atoms with van der Waals surface area (Å²) in [5.41, 5.74) is 1.07. The number of carbonyl (C=O) groups is 1. The van der Waals surface area contributed by atoms with Gasteiger partial charge >= 0.3 is 0 Å². The van der Waals surface area contributed by atoms with Gasteiger partial charge < -0.3 is 14.7 Å². The molecule has 8 heteroatoms. The number of rotatable bonds is 6.